The van der Waals surface area contributed by atoms with E-state index < -0.39 is 0 Å². The number of benzene rings is 2. The van der Waals surface area contributed by atoms with Gasteiger partial charge in [0.05, 0.1) is 6.54 Å². The summed E-state index contributed by atoms with van der Waals surface area (Å²) in [6.07, 6.45) is 2.01. The highest BCUT2D eigenvalue weighted by Crippen LogP contribution is 2.26. The Bertz CT molecular complexity index is 735. The summed E-state index contributed by atoms with van der Waals surface area (Å²) in [4.78, 5) is 16.4. The first kappa shape index (κ1) is 17.4. The first-order chi connectivity index (χ1) is 12.1. The first-order valence-corrected chi connectivity index (χ1v) is 8.59. The number of hydrogen-bond acceptors (Lipinski definition) is 3. The topological polar surface area (TPSA) is 32.8 Å². The highest BCUT2D eigenvalue weighted by Gasteiger charge is 2.22. The number of aryl methyl sites for hydroxylation is 1. The molecular formula is C20H23FN2O2. The molecule has 1 aliphatic heterocycles. The number of likely N-dealkylation sites (N-methyl/N-ethyl adjacent to an activating group) is 1. The summed E-state index contributed by atoms with van der Waals surface area (Å²) in [6.45, 7) is 1.96. The number of hydrogen-bond donors (Lipinski definition) is 0. The highest BCUT2D eigenvalue weighted by atomic mass is 19.1. The lowest BCUT2D eigenvalue weighted by molar-refractivity contribution is -0.119. The number of carbonyl (C=O) groups is 1. The zero-order valence-electron chi connectivity index (χ0n) is 14.5. The summed E-state index contributed by atoms with van der Waals surface area (Å²) in [5.74, 6) is -0.0427. The van der Waals surface area contributed by atoms with Crippen LogP contribution in [0, 0.1) is 5.82 Å². The van der Waals surface area contributed by atoms with Crippen molar-refractivity contribution in [3.63, 3.8) is 0 Å². The van der Waals surface area contributed by atoms with Gasteiger partial charge in [0.15, 0.2) is 11.6 Å². The van der Waals surface area contributed by atoms with Gasteiger partial charge in [0.25, 0.3) is 0 Å². The second kappa shape index (κ2) is 8.12. The van der Waals surface area contributed by atoms with Gasteiger partial charge in [-0.3, -0.25) is 9.69 Å². The molecule has 0 saturated heterocycles. The summed E-state index contributed by atoms with van der Waals surface area (Å²) in [5, 5.41) is 0. The van der Waals surface area contributed by atoms with Gasteiger partial charge in [0, 0.05) is 18.8 Å². The minimum Gasteiger partial charge on any atom is -0.489 e. The lowest BCUT2D eigenvalue weighted by atomic mass is 10.0. The molecule has 25 heavy (non-hydrogen) atoms. The Morgan fingerprint density at radius 1 is 1.20 bits per heavy atom. The molecule has 1 aliphatic rings. The molecule has 0 aliphatic carbocycles. The van der Waals surface area contributed by atoms with E-state index in [1.54, 1.807) is 18.2 Å². The quantitative estimate of drug-likeness (QED) is 0.809. The van der Waals surface area contributed by atoms with E-state index >= 15 is 0 Å². The van der Waals surface area contributed by atoms with E-state index in [4.69, 9.17) is 4.74 Å². The summed E-state index contributed by atoms with van der Waals surface area (Å²) >= 11 is 0. The monoisotopic (exact) mass is 342 g/mol. The van der Waals surface area contributed by atoms with Crippen LogP contribution in [0.1, 0.15) is 12.0 Å². The van der Waals surface area contributed by atoms with Gasteiger partial charge in [-0.1, -0.05) is 30.3 Å². The third kappa shape index (κ3) is 4.37. The van der Waals surface area contributed by atoms with Gasteiger partial charge in [-0.05, 0) is 43.7 Å². The molecule has 3 rings (SSSR count). The largest absolute Gasteiger partial charge is 0.489 e. The SMILES string of the molecule is CN(CCOc1ccccc1F)CC(=O)N1CCCc2ccccc21. The van der Waals surface area contributed by atoms with Crippen molar-refractivity contribution in [2.75, 3.05) is 38.2 Å². The molecule has 2 aromatic carbocycles. The van der Waals surface area contributed by atoms with Crippen LogP contribution in [-0.4, -0.2) is 44.1 Å². The van der Waals surface area contributed by atoms with Gasteiger partial charge in [-0.25, -0.2) is 4.39 Å². The van der Waals surface area contributed by atoms with E-state index in [-0.39, 0.29) is 17.5 Å². The number of ether oxygens (including phenoxy) is 1. The molecule has 0 spiro atoms. The van der Waals surface area contributed by atoms with Gasteiger partial charge < -0.3 is 9.64 Å². The van der Waals surface area contributed by atoms with Crippen LogP contribution in [0.4, 0.5) is 10.1 Å². The van der Waals surface area contributed by atoms with Gasteiger partial charge in [-0.2, -0.15) is 0 Å². The van der Waals surface area contributed by atoms with Crippen LogP contribution in [0.2, 0.25) is 0 Å². The number of para-hydroxylation sites is 2. The molecule has 0 fully saturated rings. The first-order valence-electron chi connectivity index (χ1n) is 8.59. The molecule has 0 bridgehead atoms. The molecule has 0 saturated carbocycles. The van der Waals surface area contributed by atoms with Crippen molar-refractivity contribution in [2.24, 2.45) is 0 Å². The summed E-state index contributed by atoms with van der Waals surface area (Å²) in [7, 11) is 1.87. The fraction of sp³-hybridized carbons (Fsp3) is 0.350. The maximum absolute atomic E-state index is 13.5. The van der Waals surface area contributed by atoms with Crippen LogP contribution < -0.4 is 9.64 Å². The number of rotatable bonds is 6. The number of amides is 1. The molecule has 1 amide bonds. The molecule has 0 N–H and O–H groups in total. The average Bonchev–Trinajstić information content (AvgIpc) is 2.62. The number of nitrogens with zero attached hydrogens (tertiary/aromatic N) is 2. The fourth-order valence-corrected chi connectivity index (χ4v) is 3.06. The lowest BCUT2D eigenvalue weighted by Crippen LogP contribution is -2.42. The minimum absolute atomic E-state index is 0.0838. The zero-order chi connectivity index (χ0) is 17.6. The van der Waals surface area contributed by atoms with Crippen LogP contribution >= 0.6 is 0 Å². The number of fused-ring (bicyclic) bond motifs is 1. The van der Waals surface area contributed by atoms with E-state index in [1.165, 1.54) is 11.6 Å². The van der Waals surface area contributed by atoms with E-state index in [0.717, 1.165) is 25.1 Å². The smallest absolute Gasteiger partial charge is 0.241 e. The summed E-state index contributed by atoms with van der Waals surface area (Å²) in [6, 6.07) is 14.4. The molecule has 2 aromatic rings. The predicted molar refractivity (Wildman–Crippen MR) is 96.5 cm³/mol. The molecule has 0 atom stereocenters. The van der Waals surface area contributed by atoms with E-state index in [0.29, 0.717) is 19.7 Å². The Morgan fingerprint density at radius 3 is 2.80 bits per heavy atom. The maximum atomic E-state index is 13.5. The van der Waals surface area contributed by atoms with Crippen molar-refractivity contribution in [1.29, 1.82) is 0 Å². The maximum Gasteiger partial charge on any atom is 0.241 e. The van der Waals surface area contributed by atoms with Crippen LogP contribution in [0.5, 0.6) is 5.75 Å². The van der Waals surface area contributed by atoms with Crippen molar-refractivity contribution in [1.82, 2.24) is 4.90 Å². The average molecular weight is 342 g/mol. The van der Waals surface area contributed by atoms with Crippen molar-refractivity contribution in [3.8, 4) is 5.75 Å². The Kier molecular flexibility index (Phi) is 5.66. The zero-order valence-corrected chi connectivity index (χ0v) is 14.5. The van der Waals surface area contributed by atoms with Crippen molar-refractivity contribution < 1.29 is 13.9 Å². The molecule has 4 nitrogen and oxygen atoms in total. The van der Waals surface area contributed by atoms with E-state index in [2.05, 4.69) is 6.07 Å². The third-order valence-electron chi connectivity index (χ3n) is 4.38. The molecule has 0 aromatic heterocycles. The van der Waals surface area contributed by atoms with Gasteiger partial charge in [0.2, 0.25) is 5.91 Å². The van der Waals surface area contributed by atoms with Gasteiger partial charge in [-0.15, -0.1) is 0 Å². The van der Waals surface area contributed by atoms with Crippen LogP contribution in [0.25, 0.3) is 0 Å². The molecule has 0 unspecified atom stereocenters. The molecule has 0 radical (unpaired) electrons. The predicted octanol–water partition coefficient (Wildman–Crippen LogP) is 3.12. The van der Waals surface area contributed by atoms with Crippen molar-refractivity contribution in [2.45, 2.75) is 12.8 Å². The second-order valence-electron chi connectivity index (χ2n) is 6.29. The van der Waals surface area contributed by atoms with E-state index in [9.17, 15) is 9.18 Å². The Morgan fingerprint density at radius 2 is 1.96 bits per heavy atom. The summed E-state index contributed by atoms with van der Waals surface area (Å²) < 4.78 is 19.0. The van der Waals surface area contributed by atoms with Crippen LogP contribution in [-0.2, 0) is 11.2 Å². The van der Waals surface area contributed by atoms with Crippen molar-refractivity contribution in [3.05, 3.63) is 59.9 Å². The molecule has 1 heterocycles. The van der Waals surface area contributed by atoms with Gasteiger partial charge >= 0.3 is 0 Å². The normalized spacial score (nSPS) is 13.6. The number of anilines is 1. The Balaban J connectivity index is 1.51. The van der Waals surface area contributed by atoms with Gasteiger partial charge in [0.1, 0.15) is 6.61 Å². The fourth-order valence-electron chi connectivity index (χ4n) is 3.06. The highest BCUT2D eigenvalue weighted by molar-refractivity contribution is 5.95. The third-order valence-corrected chi connectivity index (χ3v) is 4.38. The standard InChI is InChI=1S/C20H23FN2O2/c1-22(13-14-25-19-11-5-3-9-17(19)21)15-20(24)23-12-6-8-16-7-2-4-10-18(16)23/h2-5,7,9-11H,6,8,12-15H2,1H3. The Hall–Kier alpha value is -2.40. The number of halogens is 1. The Labute approximate surface area is 147 Å². The van der Waals surface area contributed by atoms with Crippen LogP contribution in [0.15, 0.2) is 48.5 Å². The molecule has 5 heteroatoms. The van der Waals surface area contributed by atoms with Crippen molar-refractivity contribution >= 4 is 11.6 Å². The van der Waals surface area contributed by atoms with E-state index in [1.807, 2.05) is 35.0 Å². The molecular weight excluding hydrogens is 319 g/mol. The lowest BCUT2D eigenvalue weighted by Gasteiger charge is -2.31. The summed E-state index contributed by atoms with van der Waals surface area (Å²) in [5.41, 5.74) is 2.25. The molecule has 132 valence electrons. The minimum atomic E-state index is -0.369. The number of carbonyl (C=O) groups excluding carboxylic acids is 1. The second-order valence-corrected chi connectivity index (χ2v) is 6.29. The van der Waals surface area contributed by atoms with Crippen LogP contribution in [0.3, 0.4) is 0 Å².